The molecule has 2 aromatic heterocycles. The van der Waals surface area contributed by atoms with Gasteiger partial charge in [-0.25, -0.2) is 4.98 Å². The first kappa shape index (κ1) is 16.9. The normalized spacial score (nSPS) is 18.8. The fourth-order valence-electron chi connectivity index (χ4n) is 2.88. The Kier molecular flexibility index (Phi) is 4.85. The molecule has 1 fully saturated rings. The van der Waals surface area contributed by atoms with E-state index in [1.807, 2.05) is 19.2 Å². The van der Waals surface area contributed by atoms with Gasteiger partial charge in [-0.05, 0) is 31.9 Å². The third-order valence-corrected chi connectivity index (χ3v) is 4.36. The van der Waals surface area contributed by atoms with Crippen LogP contribution in [-0.4, -0.2) is 34.3 Å². The summed E-state index contributed by atoms with van der Waals surface area (Å²) in [4.78, 5) is 6.68. The Bertz CT molecular complexity index is 659. The van der Waals surface area contributed by atoms with Gasteiger partial charge in [-0.3, -0.25) is 0 Å². The Labute approximate surface area is 143 Å². The maximum absolute atomic E-state index is 5.85. The second-order valence-corrected chi connectivity index (χ2v) is 7.57. The zero-order chi connectivity index (χ0) is 17.2. The molecule has 2 aromatic rings. The van der Waals surface area contributed by atoms with Crippen LogP contribution < -0.4 is 10.2 Å². The number of rotatable bonds is 4. The lowest BCUT2D eigenvalue weighted by Crippen LogP contribution is -2.45. The molecular weight excluding hydrogens is 302 g/mol. The van der Waals surface area contributed by atoms with Crippen molar-refractivity contribution in [3.8, 4) is 0 Å². The van der Waals surface area contributed by atoms with Crippen molar-refractivity contribution in [2.24, 2.45) is 0 Å². The van der Waals surface area contributed by atoms with E-state index in [0.29, 0.717) is 12.6 Å². The summed E-state index contributed by atoms with van der Waals surface area (Å²) in [6, 6.07) is 4.47. The third kappa shape index (κ3) is 4.12. The summed E-state index contributed by atoms with van der Waals surface area (Å²) in [5.74, 6) is 2.64. The molecule has 0 saturated carbocycles. The van der Waals surface area contributed by atoms with Gasteiger partial charge in [-0.1, -0.05) is 20.8 Å². The Morgan fingerprint density at radius 2 is 2.12 bits per heavy atom. The highest BCUT2D eigenvalue weighted by atomic mass is 16.4. The van der Waals surface area contributed by atoms with Crippen molar-refractivity contribution in [3.63, 3.8) is 0 Å². The van der Waals surface area contributed by atoms with Gasteiger partial charge in [0.1, 0.15) is 5.76 Å². The van der Waals surface area contributed by atoms with Crippen LogP contribution in [0.4, 0.5) is 5.82 Å². The molecule has 3 heterocycles. The van der Waals surface area contributed by atoms with E-state index in [0.717, 1.165) is 49.1 Å². The molecule has 1 atom stereocenters. The fraction of sp³-hybridized carbons (Fsp3) is 0.611. The number of hydrogen-bond acceptors (Lipinski definition) is 6. The number of nitrogens with one attached hydrogen (secondary N) is 1. The smallest absolute Gasteiger partial charge is 0.208 e. The van der Waals surface area contributed by atoms with E-state index in [1.54, 1.807) is 0 Å². The van der Waals surface area contributed by atoms with Gasteiger partial charge in [-0.15, -0.1) is 5.10 Å². The summed E-state index contributed by atoms with van der Waals surface area (Å²) in [5.41, 5.74) is 0.945. The van der Waals surface area contributed by atoms with Crippen LogP contribution in [0, 0.1) is 6.92 Å². The molecule has 130 valence electrons. The van der Waals surface area contributed by atoms with Crippen LogP contribution in [0.15, 0.2) is 22.7 Å². The van der Waals surface area contributed by atoms with Gasteiger partial charge in [-0.2, -0.15) is 5.10 Å². The van der Waals surface area contributed by atoms with Crippen LogP contribution in [0.2, 0.25) is 0 Å². The van der Waals surface area contributed by atoms with Crippen LogP contribution in [0.1, 0.15) is 51.0 Å². The third-order valence-electron chi connectivity index (χ3n) is 4.36. The lowest BCUT2D eigenvalue weighted by atomic mass is 9.94. The molecule has 0 aliphatic carbocycles. The van der Waals surface area contributed by atoms with E-state index in [4.69, 9.17) is 4.42 Å². The average molecular weight is 329 g/mol. The number of aromatic nitrogens is 3. The van der Waals surface area contributed by atoms with E-state index < -0.39 is 0 Å². The van der Waals surface area contributed by atoms with Crippen molar-refractivity contribution < 1.29 is 4.42 Å². The molecule has 0 aromatic carbocycles. The summed E-state index contributed by atoms with van der Waals surface area (Å²) >= 11 is 0. The molecule has 1 saturated heterocycles. The predicted molar refractivity (Wildman–Crippen MR) is 94.0 cm³/mol. The van der Waals surface area contributed by atoms with Crippen molar-refractivity contribution in [3.05, 3.63) is 35.7 Å². The molecule has 6 heteroatoms. The van der Waals surface area contributed by atoms with Crippen LogP contribution in [-0.2, 0) is 12.0 Å². The highest BCUT2D eigenvalue weighted by molar-refractivity contribution is 5.38. The van der Waals surface area contributed by atoms with E-state index in [1.165, 1.54) is 0 Å². The zero-order valence-corrected chi connectivity index (χ0v) is 15.0. The monoisotopic (exact) mass is 329 g/mol. The van der Waals surface area contributed by atoms with Gasteiger partial charge >= 0.3 is 0 Å². The molecule has 6 nitrogen and oxygen atoms in total. The molecule has 0 unspecified atom stereocenters. The summed E-state index contributed by atoms with van der Waals surface area (Å²) in [7, 11) is 0. The summed E-state index contributed by atoms with van der Waals surface area (Å²) in [6.07, 6.45) is 4.14. The van der Waals surface area contributed by atoms with Crippen molar-refractivity contribution in [2.45, 2.75) is 58.5 Å². The quantitative estimate of drug-likeness (QED) is 0.930. The number of piperidine rings is 1. The van der Waals surface area contributed by atoms with Crippen molar-refractivity contribution >= 4 is 5.82 Å². The second-order valence-electron chi connectivity index (χ2n) is 7.57. The lowest BCUT2D eigenvalue weighted by Gasteiger charge is -2.33. The minimum atomic E-state index is -0.00298. The van der Waals surface area contributed by atoms with Gasteiger partial charge < -0.3 is 14.6 Å². The van der Waals surface area contributed by atoms with E-state index >= 15 is 0 Å². The molecule has 3 rings (SSSR count). The maximum atomic E-state index is 5.85. The predicted octanol–water partition coefficient (Wildman–Crippen LogP) is 2.83. The van der Waals surface area contributed by atoms with Crippen LogP contribution in [0.5, 0.6) is 0 Å². The number of aryl methyl sites for hydroxylation is 1. The first-order valence-corrected chi connectivity index (χ1v) is 8.65. The van der Waals surface area contributed by atoms with Crippen LogP contribution in [0.3, 0.4) is 0 Å². The Morgan fingerprint density at radius 1 is 1.29 bits per heavy atom. The maximum Gasteiger partial charge on any atom is 0.208 e. The highest BCUT2D eigenvalue weighted by Gasteiger charge is 2.22. The molecule has 0 spiro atoms. The molecule has 0 bridgehead atoms. The van der Waals surface area contributed by atoms with Gasteiger partial charge in [0.15, 0.2) is 5.82 Å². The Balaban J connectivity index is 1.56. The molecule has 1 aliphatic rings. The molecule has 1 aliphatic heterocycles. The molecule has 0 radical (unpaired) electrons. The van der Waals surface area contributed by atoms with E-state index in [-0.39, 0.29) is 5.41 Å². The highest BCUT2D eigenvalue weighted by Crippen LogP contribution is 2.23. The van der Waals surface area contributed by atoms with Gasteiger partial charge in [0.2, 0.25) is 5.89 Å². The number of oxazole rings is 1. The fourth-order valence-corrected chi connectivity index (χ4v) is 2.88. The molecule has 24 heavy (non-hydrogen) atoms. The first-order chi connectivity index (χ1) is 11.4. The Hall–Kier alpha value is -1.95. The van der Waals surface area contributed by atoms with Crippen molar-refractivity contribution in [2.75, 3.05) is 18.0 Å². The van der Waals surface area contributed by atoms with Crippen LogP contribution in [0.25, 0.3) is 0 Å². The number of anilines is 1. The molecule has 1 N–H and O–H groups in total. The van der Waals surface area contributed by atoms with E-state index in [9.17, 15) is 0 Å². The minimum absolute atomic E-state index is 0.00298. The van der Waals surface area contributed by atoms with Gasteiger partial charge in [0.25, 0.3) is 0 Å². The van der Waals surface area contributed by atoms with Gasteiger partial charge in [0.05, 0.1) is 18.4 Å². The average Bonchev–Trinajstić information content (AvgIpc) is 3.03. The van der Waals surface area contributed by atoms with Gasteiger partial charge in [0, 0.05) is 24.5 Å². The standard InChI is InChI=1S/C18H27N5O/c1-13-7-8-16(22-21-13)23-9-5-6-14(12-23)19-11-17-20-10-15(24-17)18(2,3)4/h7-8,10,14,19H,5-6,9,11-12H2,1-4H3/t14-/m1/s1. The summed E-state index contributed by atoms with van der Waals surface area (Å²) in [6.45, 7) is 11.0. The molecule has 0 amide bonds. The van der Waals surface area contributed by atoms with Crippen LogP contribution >= 0.6 is 0 Å². The second kappa shape index (κ2) is 6.89. The van der Waals surface area contributed by atoms with Crippen molar-refractivity contribution in [1.29, 1.82) is 0 Å². The van der Waals surface area contributed by atoms with E-state index in [2.05, 4.69) is 52.2 Å². The largest absolute Gasteiger partial charge is 0.444 e. The molecular formula is C18H27N5O. The lowest BCUT2D eigenvalue weighted by molar-refractivity contribution is 0.352. The first-order valence-electron chi connectivity index (χ1n) is 8.65. The number of hydrogen-bond donors (Lipinski definition) is 1. The van der Waals surface area contributed by atoms with Crippen molar-refractivity contribution in [1.82, 2.24) is 20.5 Å². The SMILES string of the molecule is Cc1ccc(N2CCC[C@@H](NCc3ncc(C(C)(C)C)o3)C2)nn1. The topological polar surface area (TPSA) is 67.1 Å². The number of nitrogens with zero attached hydrogens (tertiary/aromatic N) is 4. The minimum Gasteiger partial charge on any atom is -0.444 e. The Morgan fingerprint density at radius 3 is 2.79 bits per heavy atom. The summed E-state index contributed by atoms with van der Waals surface area (Å²) in [5, 5.41) is 12.0. The zero-order valence-electron chi connectivity index (χ0n) is 15.0. The summed E-state index contributed by atoms with van der Waals surface area (Å²) < 4.78 is 5.85.